The molecule has 0 rings (SSSR count). The molecule has 0 aliphatic carbocycles. The second-order valence-electron chi connectivity index (χ2n) is 3.80. The van der Waals surface area contributed by atoms with Gasteiger partial charge in [0.15, 0.2) is 0 Å². The zero-order chi connectivity index (χ0) is 11.6. The van der Waals surface area contributed by atoms with Gasteiger partial charge in [-0.1, -0.05) is 87.7 Å². The first-order valence-electron chi connectivity index (χ1n) is 5.76. The van der Waals surface area contributed by atoms with Crippen molar-refractivity contribution in [2.75, 3.05) is 5.75 Å². The highest BCUT2D eigenvalue weighted by Crippen LogP contribution is 2.66. The van der Waals surface area contributed by atoms with Gasteiger partial charge in [0, 0.05) is 5.75 Å². The van der Waals surface area contributed by atoms with E-state index in [1.54, 1.807) is 0 Å². The Morgan fingerprint density at radius 2 is 1.40 bits per heavy atom. The normalized spacial score (nSPS) is 11.9. The smallest absolute Gasteiger partial charge is 0.238 e. The Bertz CT molecular complexity index is 182. The summed E-state index contributed by atoms with van der Waals surface area (Å²) in [7, 11) is 0. The molecule has 0 aromatic carbocycles. The first-order chi connectivity index (χ1) is 7.06. The van der Waals surface area contributed by atoms with Crippen molar-refractivity contribution in [3.8, 4) is 0 Å². The van der Waals surface area contributed by atoms with Crippen LogP contribution in [0.5, 0.6) is 0 Å². The third-order valence-corrected chi connectivity index (χ3v) is 6.70. The lowest BCUT2D eigenvalue weighted by Gasteiger charge is -2.04. The Balaban J connectivity index is 3.02. The minimum atomic E-state index is -2.43. The summed E-state index contributed by atoms with van der Waals surface area (Å²) >= 11 is 9.23. The standard InChI is InChI=1S/C10H23OPS3/c1-2-3-4-5-6-7-8-9-10-15-12(11,13)14/h2-10H2,1H3,(H2,11,13,14). The number of thiol groups is 2. The van der Waals surface area contributed by atoms with Crippen LogP contribution in [0, 0.1) is 0 Å². The highest BCUT2D eigenvalue weighted by molar-refractivity contribution is 9.08. The molecule has 0 fully saturated rings. The fourth-order valence-electron chi connectivity index (χ4n) is 1.42. The molecule has 15 heavy (non-hydrogen) atoms. The fraction of sp³-hybridized carbons (Fsp3) is 1.00. The molecule has 0 bridgehead atoms. The van der Waals surface area contributed by atoms with Crippen LogP contribution >= 0.6 is 40.6 Å². The maximum atomic E-state index is 11.1. The summed E-state index contributed by atoms with van der Waals surface area (Å²) in [6.07, 6.45) is 10.5. The third kappa shape index (κ3) is 15.3. The van der Waals surface area contributed by atoms with Gasteiger partial charge in [0.25, 0.3) is 0 Å². The molecule has 0 saturated heterocycles. The molecular formula is C10H23OPS3. The van der Waals surface area contributed by atoms with Crippen LogP contribution in [0.4, 0.5) is 0 Å². The van der Waals surface area contributed by atoms with Gasteiger partial charge in [-0.3, -0.25) is 4.57 Å². The molecule has 1 nitrogen and oxygen atoms in total. The first kappa shape index (κ1) is 16.3. The fourth-order valence-corrected chi connectivity index (χ4v) is 4.56. The predicted molar refractivity (Wildman–Crippen MR) is 80.6 cm³/mol. The number of unbranched alkanes of at least 4 members (excludes halogenated alkanes) is 7. The summed E-state index contributed by atoms with van der Waals surface area (Å²) in [4.78, 5) is 0. The molecule has 0 aromatic heterocycles. The minimum Gasteiger partial charge on any atom is -0.289 e. The van der Waals surface area contributed by atoms with E-state index in [1.807, 2.05) is 0 Å². The van der Waals surface area contributed by atoms with Crippen molar-refractivity contribution in [1.82, 2.24) is 0 Å². The SMILES string of the molecule is CCCCCCCCCCSP(=O)(S)S. The van der Waals surface area contributed by atoms with Gasteiger partial charge in [-0.05, 0) is 6.42 Å². The van der Waals surface area contributed by atoms with Gasteiger partial charge in [-0.25, -0.2) is 0 Å². The summed E-state index contributed by atoms with van der Waals surface area (Å²) in [5, 5.41) is 0. The first-order valence-corrected chi connectivity index (χ1v) is 11.4. The Morgan fingerprint density at radius 1 is 0.933 bits per heavy atom. The largest absolute Gasteiger partial charge is 0.289 e. The highest BCUT2D eigenvalue weighted by Gasteiger charge is 2.08. The maximum absolute atomic E-state index is 11.1. The molecule has 0 radical (unpaired) electrons. The van der Waals surface area contributed by atoms with Crippen LogP contribution in [0.2, 0.25) is 0 Å². The van der Waals surface area contributed by atoms with E-state index >= 15 is 0 Å². The van der Waals surface area contributed by atoms with Crippen molar-refractivity contribution < 1.29 is 4.57 Å². The number of hydrogen-bond acceptors (Lipinski definition) is 2. The van der Waals surface area contributed by atoms with Gasteiger partial charge in [-0.15, -0.1) is 0 Å². The monoisotopic (exact) mass is 286 g/mol. The molecule has 0 aromatic rings. The number of hydrogen-bond donors (Lipinski definition) is 2. The maximum Gasteiger partial charge on any atom is 0.238 e. The molecule has 0 N–H and O–H groups in total. The van der Waals surface area contributed by atoms with Crippen LogP contribution in [0.3, 0.4) is 0 Å². The molecule has 92 valence electrons. The van der Waals surface area contributed by atoms with Crippen LogP contribution in [-0.2, 0) is 4.57 Å². The molecule has 0 atom stereocenters. The van der Waals surface area contributed by atoms with Crippen molar-refractivity contribution in [3.63, 3.8) is 0 Å². The summed E-state index contributed by atoms with van der Waals surface area (Å²) < 4.78 is 8.68. The van der Waals surface area contributed by atoms with E-state index in [0.717, 1.165) is 12.2 Å². The van der Waals surface area contributed by atoms with Crippen LogP contribution < -0.4 is 0 Å². The van der Waals surface area contributed by atoms with Crippen LogP contribution in [0.15, 0.2) is 0 Å². The second kappa shape index (κ2) is 10.4. The Kier molecular flexibility index (Phi) is 11.3. The summed E-state index contributed by atoms with van der Waals surface area (Å²) in [5.74, 6) is 0.930. The van der Waals surface area contributed by atoms with E-state index in [-0.39, 0.29) is 0 Å². The molecule has 5 heteroatoms. The molecule has 0 saturated carbocycles. The molecule has 0 aliphatic heterocycles. The average Bonchev–Trinajstić information content (AvgIpc) is 2.14. The molecule has 0 spiro atoms. The zero-order valence-electron chi connectivity index (χ0n) is 9.52. The molecule has 0 heterocycles. The molecule has 0 amide bonds. The van der Waals surface area contributed by atoms with Crippen LogP contribution in [0.1, 0.15) is 58.3 Å². The van der Waals surface area contributed by atoms with E-state index in [2.05, 4.69) is 31.4 Å². The van der Waals surface area contributed by atoms with E-state index in [9.17, 15) is 4.57 Å². The van der Waals surface area contributed by atoms with Gasteiger partial charge in [-0.2, -0.15) is 0 Å². The topological polar surface area (TPSA) is 17.1 Å². The Morgan fingerprint density at radius 3 is 1.87 bits per heavy atom. The molecule has 0 unspecified atom stereocenters. The Labute approximate surface area is 109 Å². The lowest BCUT2D eigenvalue weighted by Crippen LogP contribution is -1.82. The van der Waals surface area contributed by atoms with Crippen LogP contribution in [0.25, 0.3) is 0 Å². The van der Waals surface area contributed by atoms with Gasteiger partial charge >= 0.3 is 0 Å². The molecule has 0 aliphatic rings. The van der Waals surface area contributed by atoms with E-state index in [4.69, 9.17) is 0 Å². The van der Waals surface area contributed by atoms with Crippen molar-refractivity contribution in [3.05, 3.63) is 0 Å². The summed E-state index contributed by atoms with van der Waals surface area (Å²) in [6.45, 7) is 2.24. The lowest BCUT2D eigenvalue weighted by atomic mass is 10.1. The summed E-state index contributed by atoms with van der Waals surface area (Å²) in [5.41, 5.74) is 0. The van der Waals surface area contributed by atoms with Crippen molar-refractivity contribution in [1.29, 1.82) is 0 Å². The third-order valence-electron chi connectivity index (χ3n) is 2.26. The van der Waals surface area contributed by atoms with E-state index < -0.39 is 4.75 Å². The van der Waals surface area contributed by atoms with Crippen LogP contribution in [-0.4, -0.2) is 5.75 Å². The van der Waals surface area contributed by atoms with Gasteiger partial charge in [0.05, 0.1) is 0 Å². The van der Waals surface area contributed by atoms with E-state index in [0.29, 0.717) is 0 Å². The quantitative estimate of drug-likeness (QED) is 0.299. The molecular weight excluding hydrogens is 263 g/mol. The average molecular weight is 286 g/mol. The van der Waals surface area contributed by atoms with Gasteiger partial charge in [0.2, 0.25) is 4.75 Å². The predicted octanol–water partition coefficient (Wildman–Crippen LogP) is 5.83. The zero-order valence-corrected chi connectivity index (χ0v) is 13.0. The van der Waals surface area contributed by atoms with Gasteiger partial charge in [0.1, 0.15) is 0 Å². The Hall–Kier alpha value is 1.28. The van der Waals surface area contributed by atoms with Crippen molar-refractivity contribution in [2.45, 2.75) is 58.3 Å². The minimum absolute atomic E-state index is 0.930. The van der Waals surface area contributed by atoms with E-state index in [1.165, 1.54) is 56.3 Å². The van der Waals surface area contributed by atoms with Gasteiger partial charge < -0.3 is 0 Å². The second-order valence-corrected chi connectivity index (χ2v) is 13.7. The lowest BCUT2D eigenvalue weighted by molar-refractivity contribution is 0.586. The number of rotatable bonds is 10. The summed E-state index contributed by atoms with van der Waals surface area (Å²) in [6, 6.07) is 0. The van der Waals surface area contributed by atoms with Crippen molar-refractivity contribution >= 4 is 40.6 Å². The van der Waals surface area contributed by atoms with Crippen molar-refractivity contribution in [2.24, 2.45) is 0 Å². The highest BCUT2D eigenvalue weighted by atomic mass is 33.4.